The molecule has 0 aromatic carbocycles. The Bertz CT molecular complexity index is 619. The van der Waals surface area contributed by atoms with Gasteiger partial charge in [-0.15, -0.1) is 10.2 Å². The van der Waals surface area contributed by atoms with Crippen LogP contribution in [0.2, 0.25) is 0 Å². The maximum atomic E-state index is 12.0. The van der Waals surface area contributed by atoms with Gasteiger partial charge in [-0.05, 0) is 12.8 Å². The first-order chi connectivity index (χ1) is 9.61. The molecule has 1 aliphatic carbocycles. The third kappa shape index (κ3) is 3.18. The van der Waals surface area contributed by atoms with Crippen molar-refractivity contribution in [3.63, 3.8) is 0 Å². The summed E-state index contributed by atoms with van der Waals surface area (Å²) in [5.74, 6) is 0.359. The zero-order chi connectivity index (χ0) is 14.1. The first-order valence-corrected chi connectivity index (χ1v) is 8.09. The fourth-order valence-corrected chi connectivity index (χ4v) is 3.61. The van der Waals surface area contributed by atoms with Crippen LogP contribution >= 0.6 is 23.1 Å². The van der Waals surface area contributed by atoms with Crippen molar-refractivity contribution in [2.45, 2.75) is 42.2 Å². The smallest absolute Gasteiger partial charge is 0.296 e. The molecule has 2 heterocycles. The van der Waals surface area contributed by atoms with Crippen LogP contribution < -0.4 is 5.32 Å². The molecule has 0 unspecified atom stereocenters. The van der Waals surface area contributed by atoms with E-state index in [0.29, 0.717) is 16.3 Å². The van der Waals surface area contributed by atoms with Crippen LogP contribution in [0, 0.1) is 0 Å². The number of anilines is 1. The van der Waals surface area contributed by atoms with Crippen molar-refractivity contribution in [2.24, 2.45) is 0 Å². The van der Waals surface area contributed by atoms with Gasteiger partial charge < -0.3 is 4.52 Å². The van der Waals surface area contributed by atoms with Crippen LogP contribution in [0.3, 0.4) is 0 Å². The predicted octanol–water partition coefficient (Wildman–Crippen LogP) is 3.16. The van der Waals surface area contributed by atoms with Crippen molar-refractivity contribution < 1.29 is 9.32 Å². The summed E-state index contributed by atoms with van der Waals surface area (Å²) in [6, 6.07) is 1.71. The number of nitrogens with one attached hydrogen (secondary N) is 1. The molecule has 0 radical (unpaired) electrons. The van der Waals surface area contributed by atoms with E-state index < -0.39 is 0 Å². The van der Waals surface area contributed by atoms with Gasteiger partial charge in [-0.2, -0.15) is 0 Å². The number of aromatic nitrogens is 3. The quantitative estimate of drug-likeness (QED) is 0.675. The Kier molecular flexibility index (Phi) is 3.75. The average molecular weight is 310 g/mol. The van der Waals surface area contributed by atoms with E-state index in [4.69, 9.17) is 4.52 Å². The molecular weight excluding hydrogens is 296 g/mol. The second-order valence-electron chi connectivity index (χ2n) is 4.88. The molecule has 0 saturated heterocycles. The van der Waals surface area contributed by atoms with Crippen LogP contribution in [0.5, 0.6) is 0 Å². The molecule has 2 aromatic rings. The van der Waals surface area contributed by atoms with E-state index in [9.17, 15) is 4.79 Å². The Hall–Kier alpha value is -1.41. The Balaban J connectivity index is 1.63. The molecule has 1 fully saturated rings. The SMILES string of the molecule is CC(C)Sc1nnc(NC(=O)c2cc(C3CC3)no2)s1. The van der Waals surface area contributed by atoms with Gasteiger partial charge in [-0.3, -0.25) is 10.1 Å². The lowest BCUT2D eigenvalue weighted by atomic mass is 10.3. The fraction of sp³-hybridized carbons (Fsp3) is 0.500. The van der Waals surface area contributed by atoms with Crippen LogP contribution in [0.15, 0.2) is 14.9 Å². The van der Waals surface area contributed by atoms with Gasteiger partial charge in [0.2, 0.25) is 10.9 Å². The third-order valence-corrected chi connectivity index (χ3v) is 4.64. The number of thioether (sulfide) groups is 1. The van der Waals surface area contributed by atoms with Gasteiger partial charge in [0.05, 0.1) is 5.69 Å². The van der Waals surface area contributed by atoms with Gasteiger partial charge in [-0.1, -0.05) is 42.1 Å². The van der Waals surface area contributed by atoms with Crippen LogP contribution in [-0.4, -0.2) is 26.5 Å². The first kappa shape index (κ1) is 13.6. The van der Waals surface area contributed by atoms with E-state index >= 15 is 0 Å². The number of nitrogens with zero attached hydrogens (tertiary/aromatic N) is 3. The van der Waals surface area contributed by atoms with Gasteiger partial charge in [0, 0.05) is 17.2 Å². The zero-order valence-corrected chi connectivity index (χ0v) is 12.8. The number of carbonyl (C=O) groups excluding carboxylic acids is 1. The van der Waals surface area contributed by atoms with Gasteiger partial charge in [0.25, 0.3) is 5.91 Å². The van der Waals surface area contributed by atoms with Crippen molar-refractivity contribution in [1.29, 1.82) is 0 Å². The Labute approximate surface area is 124 Å². The lowest BCUT2D eigenvalue weighted by Crippen LogP contribution is -2.10. The minimum Gasteiger partial charge on any atom is -0.351 e. The normalized spacial score (nSPS) is 14.8. The number of hydrogen-bond donors (Lipinski definition) is 1. The van der Waals surface area contributed by atoms with Gasteiger partial charge >= 0.3 is 0 Å². The second kappa shape index (κ2) is 5.53. The van der Waals surface area contributed by atoms with Gasteiger partial charge in [0.15, 0.2) is 4.34 Å². The van der Waals surface area contributed by atoms with Crippen LogP contribution in [-0.2, 0) is 0 Å². The molecule has 8 heteroatoms. The van der Waals surface area contributed by atoms with E-state index in [1.807, 2.05) is 0 Å². The molecule has 6 nitrogen and oxygen atoms in total. The third-order valence-electron chi connectivity index (χ3n) is 2.71. The molecule has 1 amide bonds. The minimum atomic E-state index is -0.332. The second-order valence-corrected chi connectivity index (χ2v) is 7.69. The Morgan fingerprint density at radius 2 is 2.30 bits per heavy atom. The van der Waals surface area contributed by atoms with Crippen molar-refractivity contribution in [3.8, 4) is 0 Å². The summed E-state index contributed by atoms with van der Waals surface area (Å²) in [5.41, 5.74) is 0.864. The summed E-state index contributed by atoms with van der Waals surface area (Å²) >= 11 is 2.97. The molecule has 20 heavy (non-hydrogen) atoms. The van der Waals surface area contributed by atoms with E-state index in [1.165, 1.54) is 11.3 Å². The van der Waals surface area contributed by atoms with Gasteiger partial charge in [-0.25, -0.2) is 0 Å². The van der Waals surface area contributed by atoms with Gasteiger partial charge in [0.1, 0.15) is 0 Å². The monoisotopic (exact) mass is 310 g/mol. The molecule has 1 N–H and O–H groups in total. The molecule has 2 aromatic heterocycles. The zero-order valence-electron chi connectivity index (χ0n) is 11.1. The summed E-state index contributed by atoms with van der Waals surface area (Å²) < 4.78 is 5.90. The molecule has 1 aliphatic rings. The summed E-state index contributed by atoms with van der Waals surface area (Å²) in [4.78, 5) is 12.0. The first-order valence-electron chi connectivity index (χ1n) is 6.40. The molecule has 3 rings (SSSR count). The van der Waals surface area contributed by atoms with E-state index in [1.54, 1.807) is 17.8 Å². The lowest BCUT2D eigenvalue weighted by molar-refractivity contribution is 0.0987. The van der Waals surface area contributed by atoms with E-state index in [-0.39, 0.29) is 11.7 Å². The van der Waals surface area contributed by atoms with E-state index in [0.717, 1.165) is 22.9 Å². The van der Waals surface area contributed by atoms with Crippen molar-refractivity contribution in [1.82, 2.24) is 15.4 Å². The van der Waals surface area contributed by atoms with Crippen LogP contribution in [0.1, 0.15) is 48.9 Å². The molecule has 0 aliphatic heterocycles. The molecular formula is C12H14N4O2S2. The van der Waals surface area contributed by atoms with Crippen molar-refractivity contribution in [3.05, 3.63) is 17.5 Å². The molecule has 0 spiro atoms. The van der Waals surface area contributed by atoms with Crippen molar-refractivity contribution >= 4 is 34.1 Å². The maximum Gasteiger partial charge on any atom is 0.296 e. The molecule has 0 atom stereocenters. The summed E-state index contributed by atoms with van der Waals surface area (Å²) in [6.45, 7) is 4.16. The molecule has 0 bridgehead atoms. The molecule has 1 saturated carbocycles. The highest BCUT2D eigenvalue weighted by Crippen LogP contribution is 2.39. The highest BCUT2D eigenvalue weighted by atomic mass is 32.2. The largest absolute Gasteiger partial charge is 0.351 e. The number of amides is 1. The fourth-order valence-electron chi connectivity index (χ4n) is 1.64. The summed E-state index contributed by atoms with van der Waals surface area (Å²) in [5, 5.41) is 15.5. The highest BCUT2D eigenvalue weighted by molar-refractivity contribution is 8.01. The number of hydrogen-bond acceptors (Lipinski definition) is 7. The summed E-state index contributed by atoms with van der Waals surface area (Å²) in [6.07, 6.45) is 2.25. The Morgan fingerprint density at radius 3 is 3.00 bits per heavy atom. The minimum absolute atomic E-state index is 0.222. The van der Waals surface area contributed by atoms with Crippen molar-refractivity contribution in [2.75, 3.05) is 5.32 Å². The Morgan fingerprint density at radius 1 is 1.50 bits per heavy atom. The van der Waals surface area contributed by atoms with E-state index in [2.05, 4.69) is 34.5 Å². The maximum absolute atomic E-state index is 12.0. The number of rotatable bonds is 5. The predicted molar refractivity (Wildman–Crippen MR) is 77.3 cm³/mol. The summed E-state index contributed by atoms with van der Waals surface area (Å²) in [7, 11) is 0. The highest BCUT2D eigenvalue weighted by Gasteiger charge is 2.28. The standard InChI is InChI=1S/C12H14N4O2S2/c1-6(2)19-12-15-14-11(20-12)13-10(17)9-5-8(16-18-9)7-3-4-7/h5-7H,3-4H2,1-2H3,(H,13,14,17). The lowest BCUT2D eigenvalue weighted by Gasteiger charge is -1.97. The average Bonchev–Trinajstić information content (AvgIpc) is 2.96. The van der Waals surface area contributed by atoms with Crippen LogP contribution in [0.25, 0.3) is 0 Å². The number of carbonyl (C=O) groups is 1. The topological polar surface area (TPSA) is 80.9 Å². The molecule has 106 valence electrons. The van der Waals surface area contributed by atoms with Crippen LogP contribution in [0.4, 0.5) is 5.13 Å².